The molecular formula is C12H14N2O3S. The van der Waals surface area contributed by atoms with Crippen LogP contribution >= 0.6 is 0 Å². The molecule has 0 spiro atoms. The van der Waals surface area contributed by atoms with Crippen molar-refractivity contribution in [2.75, 3.05) is 13.1 Å². The van der Waals surface area contributed by atoms with Crippen LogP contribution in [0.3, 0.4) is 0 Å². The third-order valence-electron chi connectivity index (χ3n) is 2.97. The molecule has 1 atom stereocenters. The van der Waals surface area contributed by atoms with Gasteiger partial charge in [0.1, 0.15) is 0 Å². The average Bonchev–Trinajstić information content (AvgIpc) is 2.78. The van der Waals surface area contributed by atoms with E-state index in [1.807, 2.05) is 6.07 Å². The van der Waals surface area contributed by atoms with Gasteiger partial charge in [-0.25, -0.2) is 8.42 Å². The first-order valence-electron chi connectivity index (χ1n) is 5.68. The number of benzene rings is 1. The predicted molar refractivity (Wildman–Crippen MR) is 65.1 cm³/mol. The van der Waals surface area contributed by atoms with Crippen LogP contribution in [0.2, 0.25) is 0 Å². The molecule has 5 nitrogen and oxygen atoms in total. The molecule has 0 amide bonds. The smallest absolute Gasteiger partial charge is 0.243 e. The summed E-state index contributed by atoms with van der Waals surface area (Å²) in [7, 11) is -3.51. The van der Waals surface area contributed by atoms with Gasteiger partial charge in [-0.05, 0) is 24.1 Å². The van der Waals surface area contributed by atoms with Crippen LogP contribution in [0.25, 0.3) is 0 Å². The normalized spacial score (nSPS) is 20.8. The van der Waals surface area contributed by atoms with Crippen LogP contribution in [-0.4, -0.2) is 37.0 Å². The molecule has 0 bridgehead atoms. The summed E-state index contributed by atoms with van der Waals surface area (Å²) in [6.07, 6.45) is 0.173. The Kier molecular flexibility index (Phi) is 3.66. The molecule has 2 rings (SSSR count). The van der Waals surface area contributed by atoms with E-state index < -0.39 is 16.1 Å². The molecule has 1 heterocycles. The summed E-state index contributed by atoms with van der Waals surface area (Å²) in [5, 5.41) is 17.9. The van der Waals surface area contributed by atoms with Crippen molar-refractivity contribution < 1.29 is 13.5 Å². The number of hydrogen-bond donors (Lipinski definition) is 1. The first kappa shape index (κ1) is 13.0. The van der Waals surface area contributed by atoms with Crippen LogP contribution < -0.4 is 0 Å². The summed E-state index contributed by atoms with van der Waals surface area (Å²) in [5.41, 5.74) is 0.790. The Morgan fingerprint density at radius 1 is 1.39 bits per heavy atom. The molecule has 6 heteroatoms. The van der Waals surface area contributed by atoms with Gasteiger partial charge >= 0.3 is 0 Å². The Morgan fingerprint density at radius 2 is 2.06 bits per heavy atom. The molecule has 0 aliphatic carbocycles. The second kappa shape index (κ2) is 5.06. The Balaban J connectivity index is 2.22. The van der Waals surface area contributed by atoms with Gasteiger partial charge in [-0.3, -0.25) is 0 Å². The molecule has 0 unspecified atom stereocenters. The highest BCUT2D eigenvalue weighted by atomic mass is 32.2. The summed E-state index contributed by atoms with van der Waals surface area (Å²) in [6, 6.07) is 8.31. The van der Waals surface area contributed by atoms with Gasteiger partial charge in [0.05, 0.1) is 23.5 Å². The number of β-amino-alcohol motifs (C(OH)–C–C–N with tert-alkyl or cyclic N) is 1. The van der Waals surface area contributed by atoms with Crippen LogP contribution in [0.4, 0.5) is 0 Å². The van der Waals surface area contributed by atoms with E-state index in [9.17, 15) is 13.5 Å². The van der Waals surface area contributed by atoms with Crippen molar-refractivity contribution in [2.45, 2.75) is 23.8 Å². The number of nitriles is 1. The standard InChI is InChI=1S/C12H14N2O3S/c13-7-5-10-1-3-12(4-2-10)18(16,17)14-8-6-11(15)9-14/h1-4,11,15H,5-6,8-9H2/t11-/m1/s1. The SMILES string of the molecule is N#CCc1ccc(S(=O)(=O)N2CC[C@@H](O)C2)cc1. The minimum atomic E-state index is -3.51. The fourth-order valence-corrected chi connectivity index (χ4v) is 3.44. The zero-order valence-electron chi connectivity index (χ0n) is 9.78. The van der Waals surface area contributed by atoms with E-state index in [2.05, 4.69) is 0 Å². The summed E-state index contributed by atoms with van der Waals surface area (Å²) in [4.78, 5) is 0.207. The van der Waals surface area contributed by atoms with E-state index in [1.165, 1.54) is 16.4 Å². The lowest BCUT2D eigenvalue weighted by molar-refractivity contribution is 0.189. The van der Waals surface area contributed by atoms with E-state index in [0.717, 1.165) is 5.56 Å². The monoisotopic (exact) mass is 266 g/mol. The second-order valence-corrected chi connectivity index (χ2v) is 6.22. The zero-order chi connectivity index (χ0) is 13.2. The molecule has 1 aliphatic rings. The van der Waals surface area contributed by atoms with Gasteiger partial charge < -0.3 is 5.11 Å². The van der Waals surface area contributed by atoms with Crippen molar-refractivity contribution in [1.82, 2.24) is 4.31 Å². The second-order valence-electron chi connectivity index (χ2n) is 4.28. The molecule has 1 fully saturated rings. The molecular weight excluding hydrogens is 252 g/mol. The predicted octanol–water partition coefficient (Wildman–Crippen LogP) is 0.508. The fourth-order valence-electron chi connectivity index (χ4n) is 1.95. The summed E-state index contributed by atoms with van der Waals surface area (Å²) >= 11 is 0. The van der Waals surface area contributed by atoms with Crippen LogP contribution in [-0.2, 0) is 16.4 Å². The van der Waals surface area contributed by atoms with Crippen LogP contribution in [0.15, 0.2) is 29.2 Å². The van der Waals surface area contributed by atoms with Crippen LogP contribution in [0, 0.1) is 11.3 Å². The van der Waals surface area contributed by atoms with Crippen molar-refractivity contribution in [3.63, 3.8) is 0 Å². The lowest BCUT2D eigenvalue weighted by atomic mass is 10.2. The highest BCUT2D eigenvalue weighted by Gasteiger charge is 2.31. The third-order valence-corrected chi connectivity index (χ3v) is 4.85. The highest BCUT2D eigenvalue weighted by molar-refractivity contribution is 7.89. The van der Waals surface area contributed by atoms with Gasteiger partial charge in [-0.2, -0.15) is 9.57 Å². The van der Waals surface area contributed by atoms with Crippen molar-refractivity contribution in [3.8, 4) is 6.07 Å². The lowest BCUT2D eigenvalue weighted by Gasteiger charge is -2.15. The molecule has 1 N–H and O–H groups in total. The van der Waals surface area contributed by atoms with Gasteiger partial charge in [0, 0.05) is 13.1 Å². The number of hydrogen-bond acceptors (Lipinski definition) is 4. The van der Waals surface area contributed by atoms with E-state index in [-0.39, 0.29) is 17.9 Å². The minimum absolute atomic E-state index is 0.155. The topological polar surface area (TPSA) is 81.4 Å². The molecule has 1 aliphatic heterocycles. The number of nitrogens with zero attached hydrogens (tertiary/aromatic N) is 2. The molecule has 0 saturated carbocycles. The van der Waals surface area contributed by atoms with Crippen LogP contribution in [0.5, 0.6) is 0 Å². The molecule has 1 saturated heterocycles. The summed E-state index contributed by atoms with van der Waals surface area (Å²) in [5.74, 6) is 0. The Bertz CT molecular complexity index is 560. The van der Waals surface area contributed by atoms with Crippen LogP contribution in [0.1, 0.15) is 12.0 Å². The van der Waals surface area contributed by atoms with E-state index in [0.29, 0.717) is 13.0 Å². The maximum atomic E-state index is 12.2. The average molecular weight is 266 g/mol. The van der Waals surface area contributed by atoms with E-state index >= 15 is 0 Å². The van der Waals surface area contributed by atoms with Gasteiger partial charge in [0.2, 0.25) is 10.0 Å². The van der Waals surface area contributed by atoms with Gasteiger partial charge in [0.25, 0.3) is 0 Å². The first-order valence-corrected chi connectivity index (χ1v) is 7.12. The third kappa shape index (κ3) is 2.53. The molecule has 96 valence electrons. The van der Waals surface area contributed by atoms with Crippen molar-refractivity contribution in [1.29, 1.82) is 5.26 Å². The number of aliphatic hydroxyl groups is 1. The molecule has 0 radical (unpaired) electrons. The van der Waals surface area contributed by atoms with Crippen molar-refractivity contribution >= 4 is 10.0 Å². The maximum absolute atomic E-state index is 12.2. The Labute approximate surface area is 106 Å². The fraction of sp³-hybridized carbons (Fsp3) is 0.417. The quantitative estimate of drug-likeness (QED) is 0.864. The van der Waals surface area contributed by atoms with Crippen molar-refractivity contribution in [3.05, 3.63) is 29.8 Å². The lowest BCUT2D eigenvalue weighted by Crippen LogP contribution is -2.29. The molecule has 18 heavy (non-hydrogen) atoms. The highest BCUT2D eigenvalue weighted by Crippen LogP contribution is 2.21. The Morgan fingerprint density at radius 3 is 2.56 bits per heavy atom. The summed E-state index contributed by atoms with van der Waals surface area (Å²) < 4.78 is 25.7. The van der Waals surface area contributed by atoms with Gasteiger partial charge in [0.15, 0.2) is 0 Å². The number of aliphatic hydroxyl groups excluding tert-OH is 1. The summed E-state index contributed by atoms with van der Waals surface area (Å²) in [6.45, 7) is 0.506. The van der Waals surface area contributed by atoms with E-state index in [4.69, 9.17) is 5.26 Å². The molecule has 1 aromatic carbocycles. The molecule has 1 aromatic rings. The van der Waals surface area contributed by atoms with Gasteiger partial charge in [-0.1, -0.05) is 12.1 Å². The minimum Gasteiger partial charge on any atom is -0.392 e. The van der Waals surface area contributed by atoms with Crippen molar-refractivity contribution in [2.24, 2.45) is 0 Å². The maximum Gasteiger partial charge on any atom is 0.243 e. The number of sulfonamides is 1. The number of rotatable bonds is 3. The largest absolute Gasteiger partial charge is 0.392 e. The first-order chi connectivity index (χ1) is 8.54. The zero-order valence-corrected chi connectivity index (χ0v) is 10.6. The van der Waals surface area contributed by atoms with Gasteiger partial charge in [-0.15, -0.1) is 0 Å². The Hall–Kier alpha value is -1.42. The van der Waals surface area contributed by atoms with E-state index in [1.54, 1.807) is 12.1 Å². The molecule has 0 aromatic heterocycles.